The molecule has 1 aliphatic rings. The molecule has 0 unspecified atom stereocenters. The molecule has 0 radical (unpaired) electrons. The van der Waals surface area contributed by atoms with Gasteiger partial charge >= 0.3 is 5.63 Å². The Balaban J connectivity index is 1.96. The van der Waals surface area contributed by atoms with Crippen LogP contribution in [0.4, 0.5) is 5.69 Å². The Bertz CT molecular complexity index is 1050. The van der Waals surface area contributed by atoms with Gasteiger partial charge in [-0.15, -0.1) is 0 Å². The van der Waals surface area contributed by atoms with Gasteiger partial charge in [0.15, 0.2) is 0 Å². The van der Waals surface area contributed by atoms with Crippen LogP contribution < -0.4 is 15.3 Å². The van der Waals surface area contributed by atoms with Crippen molar-refractivity contribution in [2.75, 3.05) is 12.0 Å². The molecule has 120 valence electrons. The van der Waals surface area contributed by atoms with Crippen LogP contribution in [0.2, 0.25) is 0 Å². The van der Waals surface area contributed by atoms with E-state index in [2.05, 4.69) is 0 Å². The van der Waals surface area contributed by atoms with E-state index in [1.807, 2.05) is 18.2 Å². The van der Waals surface area contributed by atoms with E-state index in [0.29, 0.717) is 16.7 Å². The second kappa shape index (κ2) is 5.19. The number of amides is 2. The van der Waals surface area contributed by atoms with Crippen LogP contribution in [-0.4, -0.2) is 18.9 Å². The van der Waals surface area contributed by atoms with E-state index >= 15 is 0 Å². The number of rotatable bonds is 2. The summed E-state index contributed by atoms with van der Waals surface area (Å²) in [6, 6.07) is 10.6. The number of hydrogen-bond acceptors (Lipinski definition) is 5. The standard InChI is InChI=1S/C18H13NO5/c1-23-12-4-5-13-10(8-12)2-3-11-9-14(18(22)24-17(11)13)19-15(20)6-7-16(19)21/h2-5,8-9H,6-7H2,1H3. The van der Waals surface area contributed by atoms with Gasteiger partial charge < -0.3 is 9.15 Å². The average molecular weight is 323 g/mol. The molecule has 0 saturated carbocycles. The maximum Gasteiger partial charge on any atom is 0.360 e. The number of carbonyl (C=O) groups excluding carboxylic acids is 2. The van der Waals surface area contributed by atoms with Gasteiger partial charge in [-0.1, -0.05) is 12.1 Å². The molecule has 1 saturated heterocycles. The van der Waals surface area contributed by atoms with Crippen LogP contribution in [0.25, 0.3) is 21.7 Å². The zero-order valence-corrected chi connectivity index (χ0v) is 12.9. The first-order chi connectivity index (χ1) is 11.6. The van der Waals surface area contributed by atoms with Crippen molar-refractivity contribution < 1.29 is 18.7 Å². The predicted molar refractivity (Wildman–Crippen MR) is 88.3 cm³/mol. The smallest absolute Gasteiger partial charge is 0.360 e. The van der Waals surface area contributed by atoms with Gasteiger partial charge in [0, 0.05) is 23.6 Å². The topological polar surface area (TPSA) is 76.8 Å². The average Bonchev–Trinajstić information content (AvgIpc) is 2.92. The highest BCUT2D eigenvalue weighted by molar-refractivity contribution is 6.20. The molecule has 0 bridgehead atoms. The third-order valence-corrected chi connectivity index (χ3v) is 4.20. The number of hydrogen-bond donors (Lipinski definition) is 0. The second-order valence-electron chi connectivity index (χ2n) is 5.61. The van der Waals surface area contributed by atoms with Crippen LogP contribution >= 0.6 is 0 Å². The molecular formula is C18H13NO5. The molecule has 2 amide bonds. The summed E-state index contributed by atoms with van der Waals surface area (Å²) in [5, 5.41) is 2.27. The van der Waals surface area contributed by atoms with Gasteiger partial charge in [-0.3, -0.25) is 9.59 Å². The van der Waals surface area contributed by atoms with E-state index in [1.54, 1.807) is 19.2 Å². The highest BCUT2D eigenvalue weighted by Crippen LogP contribution is 2.30. The highest BCUT2D eigenvalue weighted by atomic mass is 16.5. The molecule has 1 aliphatic heterocycles. The van der Waals surface area contributed by atoms with E-state index < -0.39 is 5.63 Å². The third kappa shape index (κ3) is 2.07. The first-order valence-corrected chi connectivity index (χ1v) is 7.49. The minimum atomic E-state index is -0.700. The minimum absolute atomic E-state index is 0.0251. The van der Waals surface area contributed by atoms with Crippen molar-refractivity contribution in [2.24, 2.45) is 0 Å². The third-order valence-electron chi connectivity index (χ3n) is 4.20. The molecule has 1 aromatic heterocycles. The first-order valence-electron chi connectivity index (χ1n) is 7.49. The molecule has 0 N–H and O–H groups in total. The number of imide groups is 1. The predicted octanol–water partition coefficient (Wildman–Crippen LogP) is 2.61. The van der Waals surface area contributed by atoms with Crippen molar-refractivity contribution in [1.82, 2.24) is 0 Å². The summed E-state index contributed by atoms with van der Waals surface area (Å²) in [7, 11) is 1.58. The lowest BCUT2D eigenvalue weighted by Gasteiger charge is -2.13. The molecule has 2 heterocycles. The monoisotopic (exact) mass is 323 g/mol. The fourth-order valence-electron chi connectivity index (χ4n) is 3.00. The summed E-state index contributed by atoms with van der Waals surface area (Å²) in [5.41, 5.74) is -0.305. The largest absolute Gasteiger partial charge is 0.497 e. The van der Waals surface area contributed by atoms with E-state index in [-0.39, 0.29) is 30.3 Å². The quantitative estimate of drug-likeness (QED) is 0.411. The lowest BCUT2D eigenvalue weighted by atomic mass is 10.1. The Kier molecular flexibility index (Phi) is 3.13. The van der Waals surface area contributed by atoms with Crippen molar-refractivity contribution in [3.63, 3.8) is 0 Å². The van der Waals surface area contributed by atoms with Crippen molar-refractivity contribution in [3.8, 4) is 5.75 Å². The second-order valence-corrected chi connectivity index (χ2v) is 5.61. The van der Waals surface area contributed by atoms with Crippen LogP contribution in [0.3, 0.4) is 0 Å². The number of nitrogens with zero attached hydrogens (tertiary/aromatic N) is 1. The summed E-state index contributed by atoms with van der Waals surface area (Å²) in [6.45, 7) is 0. The van der Waals surface area contributed by atoms with Gasteiger partial charge in [0.25, 0.3) is 0 Å². The SMILES string of the molecule is COc1ccc2c(ccc3cc(N4C(=O)CCC4=O)c(=O)oc32)c1. The maximum atomic E-state index is 12.3. The van der Waals surface area contributed by atoms with Crippen LogP contribution in [0.5, 0.6) is 5.75 Å². The maximum absolute atomic E-state index is 12.3. The Morgan fingerprint density at radius 2 is 1.67 bits per heavy atom. The molecule has 2 aromatic carbocycles. The number of carbonyl (C=O) groups is 2. The summed E-state index contributed by atoms with van der Waals surface area (Å²) >= 11 is 0. The zero-order chi connectivity index (χ0) is 16.8. The van der Waals surface area contributed by atoms with Crippen LogP contribution in [0.1, 0.15) is 12.8 Å². The normalized spacial score (nSPS) is 14.8. The minimum Gasteiger partial charge on any atom is -0.497 e. The lowest BCUT2D eigenvalue weighted by Crippen LogP contribution is -2.32. The summed E-state index contributed by atoms with van der Waals surface area (Å²) in [5.74, 6) is -0.0524. The van der Waals surface area contributed by atoms with Crippen LogP contribution in [-0.2, 0) is 9.59 Å². The van der Waals surface area contributed by atoms with Crippen LogP contribution in [0.15, 0.2) is 45.6 Å². The van der Waals surface area contributed by atoms with Crippen LogP contribution in [0, 0.1) is 0 Å². The van der Waals surface area contributed by atoms with Gasteiger partial charge in [0.05, 0.1) is 7.11 Å². The molecule has 3 aromatic rings. The Labute approximate surface area is 136 Å². The number of methoxy groups -OCH3 is 1. The van der Waals surface area contributed by atoms with Gasteiger partial charge in [0.2, 0.25) is 11.8 Å². The zero-order valence-electron chi connectivity index (χ0n) is 12.9. The fraction of sp³-hybridized carbons (Fsp3) is 0.167. The Hall–Kier alpha value is -3.15. The van der Waals surface area contributed by atoms with Crippen molar-refractivity contribution >= 4 is 39.2 Å². The molecule has 0 atom stereocenters. The van der Waals surface area contributed by atoms with E-state index in [9.17, 15) is 14.4 Å². The fourth-order valence-corrected chi connectivity index (χ4v) is 3.00. The molecule has 0 spiro atoms. The molecule has 4 rings (SSSR count). The van der Waals surface area contributed by atoms with Crippen molar-refractivity contribution in [3.05, 3.63) is 46.8 Å². The van der Waals surface area contributed by atoms with Crippen molar-refractivity contribution in [2.45, 2.75) is 12.8 Å². The Morgan fingerprint density at radius 1 is 0.958 bits per heavy atom. The summed E-state index contributed by atoms with van der Waals surface area (Å²) in [4.78, 5) is 37.0. The summed E-state index contributed by atoms with van der Waals surface area (Å²) < 4.78 is 10.6. The molecular weight excluding hydrogens is 310 g/mol. The molecule has 6 nitrogen and oxygen atoms in total. The summed E-state index contributed by atoms with van der Waals surface area (Å²) in [6.07, 6.45) is 0.238. The van der Waals surface area contributed by atoms with Gasteiger partial charge in [-0.2, -0.15) is 0 Å². The van der Waals surface area contributed by atoms with E-state index in [1.165, 1.54) is 6.07 Å². The lowest BCUT2D eigenvalue weighted by molar-refractivity contribution is -0.121. The number of anilines is 1. The number of ether oxygens (including phenoxy) is 1. The number of benzene rings is 2. The van der Waals surface area contributed by atoms with E-state index in [4.69, 9.17) is 9.15 Å². The van der Waals surface area contributed by atoms with Crippen molar-refractivity contribution in [1.29, 1.82) is 0 Å². The highest BCUT2D eigenvalue weighted by Gasteiger charge is 2.32. The van der Waals surface area contributed by atoms with Gasteiger partial charge in [0.1, 0.15) is 17.0 Å². The first kappa shape index (κ1) is 14.4. The van der Waals surface area contributed by atoms with E-state index in [0.717, 1.165) is 15.7 Å². The molecule has 0 aliphatic carbocycles. The molecule has 6 heteroatoms. The van der Waals surface area contributed by atoms with Gasteiger partial charge in [-0.05, 0) is 29.7 Å². The Morgan fingerprint density at radius 3 is 2.38 bits per heavy atom. The number of fused-ring (bicyclic) bond motifs is 3. The van der Waals surface area contributed by atoms with Gasteiger partial charge in [-0.25, -0.2) is 9.69 Å². The molecule has 24 heavy (non-hydrogen) atoms. The molecule has 1 fully saturated rings.